The fourth-order valence-corrected chi connectivity index (χ4v) is 4.46. The first-order valence-corrected chi connectivity index (χ1v) is 10.9. The molecule has 0 spiro atoms. The summed E-state index contributed by atoms with van der Waals surface area (Å²) in [5.74, 6) is 0.864. The molecule has 1 aliphatic heterocycles. The van der Waals surface area contributed by atoms with Crippen molar-refractivity contribution in [1.29, 1.82) is 0 Å². The summed E-state index contributed by atoms with van der Waals surface area (Å²) in [5, 5.41) is 13.8. The number of rotatable bonds is 7. The topological polar surface area (TPSA) is 75.9 Å². The van der Waals surface area contributed by atoms with E-state index in [0.29, 0.717) is 10.0 Å². The van der Waals surface area contributed by atoms with Gasteiger partial charge in [-0.05, 0) is 34.5 Å². The molecule has 0 bridgehead atoms. The lowest BCUT2D eigenvalue weighted by Gasteiger charge is -2.40. The van der Waals surface area contributed by atoms with E-state index in [1.165, 1.54) is 0 Å². The van der Waals surface area contributed by atoms with Gasteiger partial charge in [0.25, 0.3) is 0 Å². The molecule has 1 atom stereocenters. The van der Waals surface area contributed by atoms with Crippen molar-refractivity contribution in [2.24, 2.45) is 0 Å². The van der Waals surface area contributed by atoms with Gasteiger partial charge in [0.15, 0.2) is 5.82 Å². The third-order valence-corrected chi connectivity index (χ3v) is 5.93. The van der Waals surface area contributed by atoms with Gasteiger partial charge in [-0.25, -0.2) is 4.68 Å². The smallest absolute Gasteiger partial charge is 0.173 e. The third kappa shape index (κ3) is 4.40. The van der Waals surface area contributed by atoms with Crippen LogP contribution < -0.4 is 4.90 Å². The molecule has 4 heterocycles. The molecule has 0 saturated carbocycles. The van der Waals surface area contributed by atoms with Gasteiger partial charge in [-0.15, -0.1) is 5.10 Å². The van der Waals surface area contributed by atoms with Gasteiger partial charge in [0.2, 0.25) is 0 Å². The lowest BCUT2D eigenvalue weighted by molar-refractivity contribution is 0.200. The van der Waals surface area contributed by atoms with E-state index in [4.69, 9.17) is 23.2 Å². The fraction of sp³-hybridized carbons (Fsp3) is 0.450. The van der Waals surface area contributed by atoms with E-state index in [1.54, 1.807) is 12.4 Å². The van der Waals surface area contributed by atoms with Gasteiger partial charge in [-0.1, -0.05) is 36.5 Å². The highest BCUT2D eigenvalue weighted by molar-refractivity contribution is 6.38. The molecule has 8 nitrogen and oxygen atoms in total. The lowest BCUT2D eigenvalue weighted by Crippen LogP contribution is -2.48. The molecule has 0 amide bonds. The van der Waals surface area contributed by atoms with Crippen LogP contribution in [0.25, 0.3) is 0 Å². The van der Waals surface area contributed by atoms with Crippen LogP contribution in [0.3, 0.4) is 0 Å². The summed E-state index contributed by atoms with van der Waals surface area (Å²) >= 11 is 12.7. The number of hydrogen-bond acceptors (Lipinski definition) is 7. The number of piperazine rings is 1. The quantitative estimate of drug-likeness (QED) is 0.549. The molecule has 0 N–H and O–H groups in total. The Kier molecular flexibility index (Phi) is 6.76. The van der Waals surface area contributed by atoms with Crippen molar-refractivity contribution >= 4 is 28.9 Å². The molecule has 3 aromatic rings. The normalized spacial score (nSPS) is 16.0. The first kappa shape index (κ1) is 21.0. The van der Waals surface area contributed by atoms with Crippen LogP contribution >= 0.6 is 23.2 Å². The number of aryl methyl sites for hydroxylation is 1. The standard InChI is InChI=1S/C20H24Cl2N8/c1-2-3-8-30-20(25-26-27-30)18(15-4-6-23-7-5-15)28-9-11-29(12-10-28)19-16(21)13-24-14-17(19)22/h4-7,13-14,18H,2-3,8-12H2,1H3. The van der Waals surface area contributed by atoms with Gasteiger partial charge in [0.05, 0.1) is 21.8 Å². The zero-order valence-electron chi connectivity index (χ0n) is 16.8. The van der Waals surface area contributed by atoms with E-state index in [2.05, 4.69) is 42.2 Å². The Balaban J connectivity index is 1.58. The minimum Gasteiger partial charge on any atom is -0.366 e. The summed E-state index contributed by atoms with van der Waals surface area (Å²) in [7, 11) is 0. The lowest BCUT2D eigenvalue weighted by atomic mass is 10.0. The highest BCUT2D eigenvalue weighted by atomic mass is 35.5. The summed E-state index contributed by atoms with van der Waals surface area (Å²) in [5.41, 5.74) is 1.98. The predicted molar refractivity (Wildman–Crippen MR) is 117 cm³/mol. The number of pyridine rings is 2. The molecule has 1 aliphatic rings. The Morgan fingerprint density at radius 3 is 2.37 bits per heavy atom. The summed E-state index contributed by atoms with van der Waals surface area (Å²) in [6.07, 6.45) is 9.03. The van der Waals surface area contributed by atoms with E-state index in [0.717, 1.165) is 62.6 Å². The van der Waals surface area contributed by atoms with E-state index in [9.17, 15) is 0 Å². The van der Waals surface area contributed by atoms with E-state index >= 15 is 0 Å². The van der Waals surface area contributed by atoms with Crippen molar-refractivity contribution < 1.29 is 0 Å². The maximum Gasteiger partial charge on any atom is 0.173 e. The fourth-order valence-electron chi connectivity index (χ4n) is 3.85. The largest absolute Gasteiger partial charge is 0.366 e. The molecule has 0 aromatic carbocycles. The molecule has 3 aromatic heterocycles. The maximum atomic E-state index is 6.37. The van der Waals surface area contributed by atoms with Crippen molar-refractivity contribution in [1.82, 2.24) is 35.1 Å². The minimum atomic E-state index is -0.0367. The predicted octanol–water partition coefficient (Wildman–Crippen LogP) is 3.48. The van der Waals surface area contributed by atoms with Gasteiger partial charge in [0, 0.05) is 57.5 Å². The summed E-state index contributed by atoms with van der Waals surface area (Å²) in [6.45, 7) is 6.20. The number of anilines is 1. The summed E-state index contributed by atoms with van der Waals surface area (Å²) in [6, 6.07) is 4.03. The molecule has 0 radical (unpaired) electrons. The van der Waals surface area contributed by atoms with Crippen LogP contribution in [0.2, 0.25) is 10.0 Å². The Hall–Kier alpha value is -2.29. The average molecular weight is 447 g/mol. The number of halogens is 2. The van der Waals surface area contributed by atoms with Crippen molar-refractivity contribution in [3.8, 4) is 0 Å². The van der Waals surface area contributed by atoms with Gasteiger partial charge < -0.3 is 4.90 Å². The zero-order valence-corrected chi connectivity index (χ0v) is 18.3. The second-order valence-corrected chi connectivity index (χ2v) is 8.09. The van der Waals surface area contributed by atoms with E-state index in [-0.39, 0.29) is 6.04 Å². The number of hydrogen-bond donors (Lipinski definition) is 0. The van der Waals surface area contributed by atoms with Crippen LogP contribution in [-0.4, -0.2) is 61.3 Å². The Morgan fingerprint density at radius 1 is 1.00 bits per heavy atom. The van der Waals surface area contributed by atoms with Gasteiger partial charge >= 0.3 is 0 Å². The Bertz CT molecular complexity index is 936. The number of aromatic nitrogens is 6. The second kappa shape index (κ2) is 9.68. The SMILES string of the molecule is CCCCn1nnnc1C(c1ccncc1)N1CCN(c2c(Cl)cncc2Cl)CC1. The number of tetrazole rings is 1. The van der Waals surface area contributed by atoms with Gasteiger partial charge in [0.1, 0.15) is 0 Å². The molecule has 1 fully saturated rings. The summed E-state index contributed by atoms with van der Waals surface area (Å²) in [4.78, 5) is 12.9. The van der Waals surface area contributed by atoms with Crippen LogP contribution in [0, 0.1) is 0 Å². The number of nitrogens with zero attached hydrogens (tertiary/aromatic N) is 8. The van der Waals surface area contributed by atoms with E-state index in [1.807, 2.05) is 29.2 Å². The van der Waals surface area contributed by atoms with Crippen LogP contribution in [0.15, 0.2) is 36.9 Å². The molecule has 4 rings (SSSR count). The minimum absolute atomic E-state index is 0.0367. The van der Waals surface area contributed by atoms with Crippen LogP contribution in [0.5, 0.6) is 0 Å². The molecule has 10 heteroatoms. The molecule has 30 heavy (non-hydrogen) atoms. The monoisotopic (exact) mass is 446 g/mol. The van der Waals surface area contributed by atoms with Crippen molar-refractivity contribution in [3.05, 3.63) is 58.4 Å². The van der Waals surface area contributed by atoms with Gasteiger partial charge in [-0.3, -0.25) is 14.9 Å². The average Bonchev–Trinajstić information content (AvgIpc) is 3.22. The molecular weight excluding hydrogens is 423 g/mol. The maximum absolute atomic E-state index is 6.37. The summed E-state index contributed by atoms with van der Waals surface area (Å²) < 4.78 is 1.93. The molecule has 1 saturated heterocycles. The highest BCUT2D eigenvalue weighted by Gasteiger charge is 2.31. The molecular formula is C20H24Cl2N8. The first-order chi connectivity index (χ1) is 14.7. The van der Waals surface area contributed by atoms with Gasteiger partial charge in [-0.2, -0.15) is 0 Å². The Morgan fingerprint density at radius 2 is 1.70 bits per heavy atom. The van der Waals surface area contributed by atoms with Crippen LogP contribution in [0.4, 0.5) is 5.69 Å². The highest BCUT2D eigenvalue weighted by Crippen LogP contribution is 2.35. The first-order valence-electron chi connectivity index (χ1n) is 10.1. The number of unbranched alkanes of at least 4 members (excludes halogenated alkanes) is 1. The van der Waals surface area contributed by atoms with E-state index < -0.39 is 0 Å². The Labute approximate surface area is 185 Å². The van der Waals surface area contributed by atoms with Crippen LogP contribution in [-0.2, 0) is 6.54 Å². The molecule has 1 unspecified atom stereocenters. The van der Waals surface area contributed by atoms with Crippen LogP contribution in [0.1, 0.15) is 37.2 Å². The van der Waals surface area contributed by atoms with Crippen molar-refractivity contribution in [2.75, 3.05) is 31.1 Å². The third-order valence-electron chi connectivity index (χ3n) is 5.37. The second-order valence-electron chi connectivity index (χ2n) is 7.27. The zero-order chi connectivity index (χ0) is 20.9. The van der Waals surface area contributed by atoms with Crippen molar-refractivity contribution in [3.63, 3.8) is 0 Å². The molecule has 158 valence electrons. The molecule has 0 aliphatic carbocycles. The van der Waals surface area contributed by atoms with Crippen molar-refractivity contribution in [2.45, 2.75) is 32.4 Å².